The van der Waals surface area contributed by atoms with Crippen LogP contribution in [-0.4, -0.2) is 40.3 Å². The van der Waals surface area contributed by atoms with Crippen molar-refractivity contribution in [1.29, 1.82) is 0 Å². The van der Waals surface area contributed by atoms with Crippen LogP contribution >= 0.6 is 0 Å². The molecule has 0 amide bonds. The second kappa shape index (κ2) is 7.50. The van der Waals surface area contributed by atoms with E-state index in [0.29, 0.717) is 6.42 Å². The van der Waals surface area contributed by atoms with E-state index in [2.05, 4.69) is 0 Å². The quantitative estimate of drug-likeness (QED) is 0.590. The lowest BCUT2D eigenvalue weighted by atomic mass is 9.97. The van der Waals surface area contributed by atoms with Gasteiger partial charge in [-0.25, -0.2) is 4.79 Å². The Morgan fingerprint density at radius 3 is 2.65 bits per heavy atom. The lowest BCUT2D eigenvalue weighted by Gasteiger charge is -2.22. The maximum Gasteiger partial charge on any atom is 0.342 e. The molecule has 0 bridgehead atoms. The zero-order valence-electron chi connectivity index (χ0n) is 15.0. The summed E-state index contributed by atoms with van der Waals surface area (Å²) >= 11 is 0. The zero-order chi connectivity index (χ0) is 18.8. The van der Waals surface area contributed by atoms with Gasteiger partial charge < -0.3 is 19.7 Å². The summed E-state index contributed by atoms with van der Waals surface area (Å²) in [6.45, 7) is 3.92. The van der Waals surface area contributed by atoms with Gasteiger partial charge in [0, 0.05) is 18.9 Å². The summed E-state index contributed by atoms with van der Waals surface area (Å²) < 4.78 is 11.3. The van der Waals surface area contributed by atoms with Crippen LogP contribution in [0, 0.1) is 5.92 Å². The summed E-state index contributed by atoms with van der Waals surface area (Å²) in [5.41, 5.74) is 0.183. The van der Waals surface area contributed by atoms with E-state index in [0.717, 1.165) is 18.9 Å². The third-order valence-corrected chi connectivity index (χ3v) is 4.83. The third-order valence-electron chi connectivity index (χ3n) is 4.83. The first kappa shape index (κ1) is 18.5. The van der Waals surface area contributed by atoms with Crippen molar-refractivity contribution in [3.8, 4) is 11.5 Å². The Labute approximate surface area is 152 Å². The van der Waals surface area contributed by atoms with E-state index in [1.807, 2.05) is 13.8 Å². The number of hydrogen-bond acceptors (Lipinski definition) is 6. The fourth-order valence-electron chi connectivity index (χ4n) is 3.29. The average Bonchev–Trinajstić information content (AvgIpc) is 3.27. The van der Waals surface area contributed by atoms with E-state index in [1.54, 1.807) is 6.08 Å². The minimum absolute atomic E-state index is 0.0510. The number of hydrogen-bond donors (Lipinski definition) is 2. The van der Waals surface area contributed by atoms with Gasteiger partial charge in [-0.1, -0.05) is 19.9 Å². The van der Waals surface area contributed by atoms with Crippen molar-refractivity contribution in [3.63, 3.8) is 0 Å². The molecule has 2 aliphatic heterocycles. The van der Waals surface area contributed by atoms with Crippen LogP contribution in [-0.2, 0) is 20.7 Å². The number of cyclic esters (lactones) is 1. The van der Waals surface area contributed by atoms with Crippen LogP contribution in [0.15, 0.2) is 24.3 Å². The Balaban J connectivity index is 1.95. The van der Waals surface area contributed by atoms with Crippen molar-refractivity contribution in [3.05, 3.63) is 35.4 Å². The Hall–Kier alpha value is -2.34. The van der Waals surface area contributed by atoms with Crippen molar-refractivity contribution < 1.29 is 29.3 Å². The number of phenolic OH excluding ortho intramolecular Hbond substituents is 2. The molecular formula is C20H24O6. The van der Waals surface area contributed by atoms with Crippen LogP contribution in [0.4, 0.5) is 0 Å². The molecule has 0 radical (unpaired) electrons. The maximum atomic E-state index is 12.7. The van der Waals surface area contributed by atoms with Gasteiger partial charge in [-0.15, -0.1) is 0 Å². The molecule has 140 valence electrons. The van der Waals surface area contributed by atoms with Crippen LogP contribution < -0.4 is 0 Å². The van der Waals surface area contributed by atoms with E-state index in [4.69, 9.17) is 9.47 Å². The zero-order valence-corrected chi connectivity index (χ0v) is 15.0. The normalized spacial score (nSPS) is 26.7. The van der Waals surface area contributed by atoms with Gasteiger partial charge in [0.1, 0.15) is 23.2 Å². The number of ether oxygens (including phenoxy) is 2. The SMILES string of the molecule is CC(C)[C@@H]1C[C@H]2O[C@@H]2CCC=CC(=O)Cc2cc(O)cc(O)c2C(=O)O1. The number of allylic oxidation sites excluding steroid dienone is 2. The first-order chi connectivity index (χ1) is 12.3. The first-order valence-electron chi connectivity index (χ1n) is 8.95. The number of rotatable bonds is 1. The largest absolute Gasteiger partial charge is 0.508 e. The minimum atomic E-state index is -0.692. The molecule has 2 heterocycles. The molecule has 2 N–H and O–H groups in total. The van der Waals surface area contributed by atoms with Crippen molar-refractivity contribution in [2.75, 3.05) is 0 Å². The minimum Gasteiger partial charge on any atom is -0.508 e. The standard InChI is InChI=1S/C20H24O6/c1-11(2)17-10-18-16(25-18)6-4-3-5-13(21)7-12-8-14(22)9-15(23)19(12)20(24)26-17/h3,5,8-9,11,16-18,22-23H,4,6-7,10H2,1-2H3/t16-,17+,18-/m1/s1. The molecule has 6 heteroatoms. The monoisotopic (exact) mass is 360 g/mol. The molecule has 3 rings (SSSR count). The van der Waals surface area contributed by atoms with Crippen molar-refractivity contribution in [2.45, 2.75) is 57.8 Å². The second-order valence-electron chi connectivity index (χ2n) is 7.26. The molecule has 0 unspecified atom stereocenters. The highest BCUT2D eigenvalue weighted by molar-refractivity contribution is 5.98. The Kier molecular flexibility index (Phi) is 5.32. The summed E-state index contributed by atoms with van der Waals surface area (Å²) in [6, 6.07) is 2.40. The molecule has 1 aromatic rings. The third kappa shape index (κ3) is 4.25. The van der Waals surface area contributed by atoms with Gasteiger partial charge in [0.15, 0.2) is 5.78 Å². The number of carbonyl (C=O) groups excluding carboxylic acids is 2. The van der Waals surface area contributed by atoms with Gasteiger partial charge in [0.05, 0.1) is 12.2 Å². The molecule has 26 heavy (non-hydrogen) atoms. The summed E-state index contributed by atoms with van der Waals surface area (Å²) in [6.07, 6.45) is 5.16. The molecule has 2 aliphatic rings. The highest BCUT2D eigenvalue weighted by atomic mass is 16.6. The topological polar surface area (TPSA) is 96.4 Å². The Morgan fingerprint density at radius 2 is 1.92 bits per heavy atom. The number of carbonyl (C=O) groups is 2. The number of epoxide rings is 1. The molecule has 3 atom stereocenters. The number of ketones is 1. The van der Waals surface area contributed by atoms with Crippen LogP contribution in [0.1, 0.15) is 49.0 Å². The van der Waals surface area contributed by atoms with Crippen molar-refractivity contribution in [1.82, 2.24) is 0 Å². The molecule has 0 saturated carbocycles. The van der Waals surface area contributed by atoms with Gasteiger partial charge in [-0.2, -0.15) is 0 Å². The molecule has 0 aromatic heterocycles. The molecule has 1 fully saturated rings. The molecule has 0 aliphatic carbocycles. The van der Waals surface area contributed by atoms with E-state index < -0.39 is 11.7 Å². The maximum absolute atomic E-state index is 12.7. The lowest BCUT2D eigenvalue weighted by Crippen LogP contribution is -2.26. The van der Waals surface area contributed by atoms with Crippen LogP contribution in [0.2, 0.25) is 0 Å². The highest BCUT2D eigenvalue weighted by Crippen LogP contribution is 2.34. The average molecular weight is 360 g/mol. The lowest BCUT2D eigenvalue weighted by molar-refractivity contribution is -0.114. The smallest absolute Gasteiger partial charge is 0.342 e. The fourth-order valence-corrected chi connectivity index (χ4v) is 3.29. The van der Waals surface area contributed by atoms with E-state index >= 15 is 0 Å². The van der Waals surface area contributed by atoms with E-state index in [9.17, 15) is 19.8 Å². The number of esters is 1. The number of fused-ring (bicyclic) bond motifs is 2. The van der Waals surface area contributed by atoms with Gasteiger partial charge in [0.25, 0.3) is 0 Å². The fraction of sp³-hybridized carbons (Fsp3) is 0.500. The predicted octanol–water partition coefficient (Wildman–Crippen LogP) is 2.90. The van der Waals surface area contributed by atoms with Gasteiger partial charge >= 0.3 is 5.97 Å². The summed E-state index contributed by atoms with van der Waals surface area (Å²) in [4.78, 5) is 24.9. The predicted molar refractivity (Wildman–Crippen MR) is 94.2 cm³/mol. The number of phenols is 2. The number of benzene rings is 1. The Morgan fingerprint density at radius 1 is 1.15 bits per heavy atom. The number of aromatic hydroxyl groups is 2. The second-order valence-corrected chi connectivity index (χ2v) is 7.26. The summed E-state index contributed by atoms with van der Waals surface area (Å²) in [5, 5.41) is 19.9. The van der Waals surface area contributed by atoms with Gasteiger partial charge in [-0.3, -0.25) is 4.79 Å². The van der Waals surface area contributed by atoms with Gasteiger partial charge in [0.2, 0.25) is 0 Å². The summed E-state index contributed by atoms with van der Waals surface area (Å²) in [5.74, 6) is -1.42. The van der Waals surface area contributed by atoms with Gasteiger partial charge in [-0.05, 0) is 36.5 Å². The first-order valence-corrected chi connectivity index (χ1v) is 8.95. The van der Waals surface area contributed by atoms with Crippen molar-refractivity contribution in [2.24, 2.45) is 5.92 Å². The Bertz CT molecular complexity index is 736. The van der Waals surface area contributed by atoms with E-state index in [-0.39, 0.29) is 53.3 Å². The molecule has 1 aromatic carbocycles. The molecule has 1 saturated heterocycles. The van der Waals surface area contributed by atoms with E-state index in [1.165, 1.54) is 12.1 Å². The van der Waals surface area contributed by atoms with Crippen molar-refractivity contribution >= 4 is 11.8 Å². The highest BCUT2D eigenvalue weighted by Gasteiger charge is 2.41. The van der Waals surface area contributed by atoms with Crippen LogP contribution in [0.3, 0.4) is 0 Å². The summed E-state index contributed by atoms with van der Waals surface area (Å²) in [7, 11) is 0. The molecular weight excluding hydrogens is 336 g/mol. The van der Waals surface area contributed by atoms with Crippen LogP contribution in [0.5, 0.6) is 11.5 Å². The molecule has 6 nitrogen and oxygen atoms in total. The van der Waals surface area contributed by atoms with Crippen LogP contribution in [0.25, 0.3) is 0 Å². The molecule has 0 spiro atoms.